The second-order valence-corrected chi connectivity index (χ2v) is 4.20. The van der Waals surface area contributed by atoms with E-state index in [1.165, 1.54) is 0 Å². The van der Waals surface area contributed by atoms with E-state index in [4.69, 9.17) is 9.47 Å². The zero-order chi connectivity index (χ0) is 14.6. The summed E-state index contributed by atoms with van der Waals surface area (Å²) in [5, 5.41) is 6.45. The number of anilines is 1. The summed E-state index contributed by atoms with van der Waals surface area (Å²) >= 11 is 0. The Morgan fingerprint density at radius 3 is 2.71 bits per heavy atom. The second-order valence-electron chi connectivity index (χ2n) is 4.20. The SMILES string of the molecule is CCN=C(NCC)Nc1cccc(OCCCOC)c1.I. The fraction of sp³-hybridized carbons (Fsp3) is 0.533. The maximum absolute atomic E-state index is 5.67. The molecule has 0 aliphatic rings. The number of ether oxygens (including phenoxy) is 2. The molecule has 0 aromatic heterocycles. The zero-order valence-corrected chi connectivity index (χ0v) is 15.3. The van der Waals surface area contributed by atoms with Gasteiger partial charge in [0.15, 0.2) is 5.96 Å². The lowest BCUT2D eigenvalue weighted by atomic mass is 10.3. The van der Waals surface area contributed by atoms with E-state index in [-0.39, 0.29) is 24.0 Å². The molecule has 0 saturated heterocycles. The van der Waals surface area contributed by atoms with Crippen LogP contribution in [0.25, 0.3) is 0 Å². The minimum absolute atomic E-state index is 0. The number of benzene rings is 1. The number of hydrogen-bond acceptors (Lipinski definition) is 3. The van der Waals surface area contributed by atoms with Crippen molar-refractivity contribution in [1.82, 2.24) is 5.32 Å². The molecule has 5 nitrogen and oxygen atoms in total. The molecule has 1 rings (SSSR count). The van der Waals surface area contributed by atoms with Crippen LogP contribution in [0.4, 0.5) is 5.69 Å². The number of aliphatic imine (C=N–C) groups is 1. The van der Waals surface area contributed by atoms with Gasteiger partial charge in [-0.05, 0) is 26.0 Å². The topological polar surface area (TPSA) is 54.9 Å². The number of halogens is 1. The summed E-state index contributed by atoms with van der Waals surface area (Å²) in [5.74, 6) is 1.63. The Hall–Kier alpha value is -1.02. The molecule has 0 amide bonds. The third-order valence-electron chi connectivity index (χ3n) is 2.52. The minimum Gasteiger partial charge on any atom is -0.493 e. The number of hydrogen-bond donors (Lipinski definition) is 2. The molecule has 0 aliphatic carbocycles. The van der Waals surface area contributed by atoms with Crippen molar-refractivity contribution in [3.8, 4) is 5.75 Å². The smallest absolute Gasteiger partial charge is 0.195 e. The monoisotopic (exact) mass is 407 g/mol. The van der Waals surface area contributed by atoms with Crippen molar-refractivity contribution in [2.75, 3.05) is 38.7 Å². The summed E-state index contributed by atoms with van der Waals surface area (Å²) in [6, 6.07) is 7.87. The molecule has 0 radical (unpaired) electrons. The highest BCUT2D eigenvalue weighted by Crippen LogP contribution is 2.17. The number of nitrogens with one attached hydrogen (secondary N) is 2. The molecule has 1 aromatic rings. The van der Waals surface area contributed by atoms with Gasteiger partial charge in [0.2, 0.25) is 0 Å². The highest BCUT2D eigenvalue weighted by Gasteiger charge is 2.00. The molecule has 6 heteroatoms. The Kier molecular flexibility index (Phi) is 12.1. The quantitative estimate of drug-likeness (QED) is 0.301. The predicted octanol–water partition coefficient (Wildman–Crippen LogP) is 3.12. The Morgan fingerprint density at radius 2 is 2.05 bits per heavy atom. The van der Waals surface area contributed by atoms with Gasteiger partial charge in [0, 0.05) is 45.0 Å². The number of rotatable bonds is 8. The fourth-order valence-corrected chi connectivity index (χ4v) is 1.66. The van der Waals surface area contributed by atoms with Gasteiger partial charge in [-0.2, -0.15) is 0 Å². The van der Waals surface area contributed by atoms with E-state index in [1.807, 2.05) is 38.1 Å². The van der Waals surface area contributed by atoms with Crippen LogP contribution < -0.4 is 15.4 Å². The van der Waals surface area contributed by atoms with Crippen LogP contribution in [0, 0.1) is 0 Å². The molecule has 0 saturated carbocycles. The van der Waals surface area contributed by atoms with Crippen LogP contribution >= 0.6 is 24.0 Å². The highest BCUT2D eigenvalue weighted by atomic mass is 127. The number of guanidine groups is 1. The Bertz CT molecular complexity index is 414. The third kappa shape index (κ3) is 8.77. The van der Waals surface area contributed by atoms with E-state index in [1.54, 1.807) is 7.11 Å². The molecule has 21 heavy (non-hydrogen) atoms. The molecular formula is C15H26IN3O2. The third-order valence-corrected chi connectivity index (χ3v) is 2.52. The van der Waals surface area contributed by atoms with Crippen molar-refractivity contribution in [3.05, 3.63) is 24.3 Å². The van der Waals surface area contributed by atoms with Gasteiger partial charge in [-0.1, -0.05) is 6.07 Å². The van der Waals surface area contributed by atoms with E-state index in [9.17, 15) is 0 Å². The molecule has 120 valence electrons. The molecule has 0 heterocycles. The lowest BCUT2D eigenvalue weighted by molar-refractivity contribution is 0.172. The molecule has 0 aliphatic heterocycles. The summed E-state index contributed by atoms with van der Waals surface area (Å²) < 4.78 is 10.7. The molecule has 0 atom stereocenters. The molecule has 0 bridgehead atoms. The zero-order valence-electron chi connectivity index (χ0n) is 13.0. The summed E-state index contributed by atoms with van der Waals surface area (Å²) in [5.41, 5.74) is 0.961. The first kappa shape index (κ1) is 20.0. The van der Waals surface area contributed by atoms with Crippen molar-refractivity contribution in [2.45, 2.75) is 20.3 Å². The van der Waals surface area contributed by atoms with Gasteiger partial charge in [0.05, 0.1) is 6.61 Å². The predicted molar refractivity (Wildman–Crippen MR) is 99.1 cm³/mol. The largest absolute Gasteiger partial charge is 0.493 e. The first-order chi connectivity index (χ1) is 9.80. The van der Waals surface area contributed by atoms with E-state index < -0.39 is 0 Å². The molecule has 1 aromatic carbocycles. The van der Waals surface area contributed by atoms with Crippen LogP contribution in [0.15, 0.2) is 29.3 Å². The van der Waals surface area contributed by atoms with Gasteiger partial charge in [-0.3, -0.25) is 4.99 Å². The first-order valence-electron chi connectivity index (χ1n) is 7.07. The molecule has 0 unspecified atom stereocenters. The summed E-state index contributed by atoms with van der Waals surface area (Å²) in [7, 11) is 1.69. The van der Waals surface area contributed by atoms with Crippen LogP contribution in [0.1, 0.15) is 20.3 Å². The fourth-order valence-electron chi connectivity index (χ4n) is 1.66. The second kappa shape index (κ2) is 12.7. The van der Waals surface area contributed by atoms with E-state index in [2.05, 4.69) is 15.6 Å². The number of methoxy groups -OCH3 is 1. The van der Waals surface area contributed by atoms with Crippen LogP contribution in [0.2, 0.25) is 0 Å². The normalized spacial score (nSPS) is 10.7. The Labute approximate surface area is 144 Å². The van der Waals surface area contributed by atoms with Crippen molar-refractivity contribution in [3.63, 3.8) is 0 Å². The van der Waals surface area contributed by atoms with Crippen LogP contribution in [0.5, 0.6) is 5.75 Å². The van der Waals surface area contributed by atoms with Crippen molar-refractivity contribution < 1.29 is 9.47 Å². The van der Waals surface area contributed by atoms with Crippen LogP contribution in [-0.4, -0.2) is 39.4 Å². The van der Waals surface area contributed by atoms with Gasteiger partial charge in [0.25, 0.3) is 0 Å². The lowest BCUT2D eigenvalue weighted by Gasteiger charge is -2.12. The summed E-state index contributed by atoms with van der Waals surface area (Å²) in [4.78, 5) is 4.36. The molecule has 2 N–H and O–H groups in total. The molecule has 0 fully saturated rings. The van der Waals surface area contributed by atoms with Gasteiger partial charge in [-0.15, -0.1) is 24.0 Å². The standard InChI is InChI=1S/C15H25N3O2.HI/c1-4-16-15(17-5-2)18-13-8-6-9-14(12-13)20-11-7-10-19-3;/h6,8-9,12H,4-5,7,10-11H2,1-3H3,(H2,16,17,18);1H. The average molecular weight is 407 g/mol. The number of nitrogens with zero attached hydrogens (tertiary/aromatic N) is 1. The van der Waals surface area contributed by atoms with Crippen molar-refractivity contribution in [2.24, 2.45) is 4.99 Å². The van der Waals surface area contributed by atoms with Crippen LogP contribution in [0.3, 0.4) is 0 Å². The van der Waals surface area contributed by atoms with Gasteiger partial charge >= 0.3 is 0 Å². The molecule has 0 spiro atoms. The lowest BCUT2D eigenvalue weighted by Crippen LogP contribution is -2.30. The van der Waals surface area contributed by atoms with Gasteiger partial charge in [-0.25, -0.2) is 0 Å². The maximum Gasteiger partial charge on any atom is 0.195 e. The Balaban J connectivity index is 0.00000400. The minimum atomic E-state index is 0. The highest BCUT2D eigenvalue weighted by molar-refractivity contribution is 14.0. The Morgan fingerprint density at radius 1 is 1.24 bits per heavy atom. The van der Waals surface area contributed by atoms with Gasteiger partial charge < -0.3 is 20.1 Å². The van der Waals surface area contributed by atoms with E-state index in [0.717, 1.165) is 36.9 Å². The average Bonchev–Trinajstić information content (AvgIpc) is 2.45. The summed E-state index contributed by atoms with van der Waals surface area (Å²) in [6.45, 7) is 6.99. The maximum atomic E-state index is 5.67. The van der Waals surface area contributed by atoms with E-state index >= 15 is 0 Å². The molecular weight excluding hydrogens is 381 g/mol. The van der Waals surface area contributed by atoms with Crippen molar-refractivity contribution in [1.29, 1.82) is 0 Å². The first-order valence-corrected chi connectivity index (χ1v) is 7.07. The summed E-state index contributed by atoms with van der Waals surface area (Å²) in [6.07, 6.45) is 0.883. The van der Waals surface area contributed by atoms with Gasteiger partial charge in [0.1, 0.15) is 5.75 Å². The van der Waals surface area contributed by atoms with Crippen LogP contribution in [-0.2, 0) is 4.74 Å². The van der Waals surface area contributed by atoms with Crippen molar-refractivity contribution >= 4 is 35.6 Å². The van der Waals surface area contributed by atoms with E-state index in [0.29, 0.717) is 13.2 Å².